The van der Waals surface area contributed by atoms with E-state index in [2.05, 4.69) is 29.1 Å². The van der Waals surface area contributed by atoms with Crippen LogP contribution in [0.5, 0.6) is 0 Å². The summed E-state index contributed by atoms with van der Waals surface area (Å²) in [6.07, 6.45) is 1.91. The number of fused-ring (bicyclic) bond motifs is 2. The van der Waals surface area contributed by atoms with Crippen molar-refractivity contribution in [1.29, 1.82) is 0 Å². The summed E-state index contributed by atoms with van der Waals surface area (Å²) < 4.78 is 0. The molecule has 1 atom stereocenters. The lowest BCUT2D eigenvalue weighted by Gasteiger charge is -2.28. The molecule has 3 aromatic rings. The number of hydrogen-bond acceptors (Lipinski definition) is 6. The highest BCUT2D eigenvalue weighted by Crippen LogP contribution is 2.32. The molecule has 7 nitrogen and oxygen atoms in total. The first-order valence-electron chi connectivity index (χ1n) is 10.2. The molecule has 1 aliphatic rings. The number of nitrogens with one attached hydrogen (secondary N) is 2. The number of thiophene rings is 1. The SMILES string of the molecule is CC[C@H](C)Cc1c(C)sc2nc(SCC(=O)N3CC(=O)Nc4ccccc43)[nH]c(=O)c12. The van der Waals surface area contributed by atoms with E-state index in [1.165, 1.54) is 28.0 Å². The molecule has 2 N–H and O–H groups in total. The highest BCUT2D eigenvalue weighted by Gasteiger charge is 2.26. The summed E-state index contributed by atoms with van der Waals surface area (Å²) in [5.74, 6) is 0.120. The maximum absolute atomic E-state index is 12.8. The average molecular weight is 457 g/mol. The van der Waals surface area contributed by atoms with Gasteiger partial charge in [-0.15, -0.1) is 11.3 Å². The minimum Gasteiger partial charge on any atom is -0.323 e. The molecular formula is C22H24N4O3S2. The normalized spacial score (nSPS) is 14.4. The minimum absolute atomic E-state index is 0.0253. The van der Waals surface area contributed by atoms with Gasteiger partial charge in [0.25, 0.3) is 5.56 Å². The van der Waals surface area contributed by atoms with E-state index in [4.69, 9.17) is 0 Å². The summed E-state index contributed by atoms with van der Waals surface area (Å²) in [6, 6.07) is 7.21. The van der Waals surface area contributed by atoms with Gasteiger partial charge in [-0.2, -0.15) is 0 Å². The van der Waals surface area contributed by atoms with Crippen molar-refractivity contribution in [2.24, 2.45) is 5.92 Å². The summed E-state index contributed by atoms with van der Waals surface area (Å²) in [5.41, 5.74) is 2.21. The van der Waals surface area contributed by atoms with Crippen molar-refractivity contribution in [3.63, 3.8) is 0 Å². The van der Waals surface area contributed by atoms with Crippen LogP contribution in [0.3, 0.4) is 0 Å². The molecule has 0 spiro atoms. The molecular weight excluding hydrogens is 432 g/mol. The summed E-state index contributed by atoms with van der Waals surface area (Å²) in [6.45, 7) is 6.33. The molecule has 0 saturated carbocycles. The molecule has 2 aromatic heterocycles. The zero-order valence-electron chi connectivity index (χ0n) is 17.7. The van der Waals surface area contributed by atoms with E-state index >= 15 is 0 Å². The third-order valence-electron chi connectivity index (χ3n) is 5.49. The summed E-state index contributed by atoms with van der Waals surface area (Å²) >= 11 is 2.70. The monoisotopic (exact) mass is 456 g/mol. The second kappa shape index (κ2) is 8.84. The Hall–Kier alpha value is -2.65. The molecule has 2 amide bonds. The molecule has 3 heterocycles. The van der Waals surface area contributed by atoms with Gasteiger partial charge in [0.2, 0.25) is 11.8 Å². The molecule has 1 aromatic carbocycles. The van der Waals surface area contributed by atoms with Gasteiger partial charge in [0, 0.05) is 4.88 Å². The molecule has 31 heavy (non-hydrogen) atoms. The van der Waals surface area contributed by atoms with Crippen LogP contribution < -0.4 is 15.8 Å². The predicted octanol–water partition coefficient (Wildman–Crippen LogP) is 3.96. The fourth-order valence-corrected chi connectivity index (χ4v) is 5.47. The molecule has 0 unspecified atom stereocenters. The first kappa shape index (κ1) is 21.6. The number of thioether (sulfide) groups is 1. The van der Waals surface area contributed by atoms with Crippen molar-refractivity contribution in [3.8, 4) is 0 Å². The van der Waals surface area contributed by atoms with E-state index in [1.54, 1.807) is 12.1 Å². The smallest absolute Gasteiger partial charge is 0.260 e. The fourth-order valence-electron chi connectivity index (χ4n) is 3.63. The van der Waals surface area contributed by atoms with Crippen LogP contribution in [0, 0.1) is 12.8 Å². The Morgan fingerprint density at radius 2 is 2.10 bits per heavy atom. The quantitative estimate of drug-likeness (QED) is 0.432. The van der Waals surface area contributed by atoms with Crippen molar-refractivity contribution >= 4 is 56.5 Å². The number of aromatic nitrogens is 2. The molecule has 0 saturated heterocycles. The summed E-state index contributed by atoms with van der Waals surface area (Å²) in [4.78, 5) is 48.3. The van der Waals surface area contributed by atoms with Crippen molar-refractivity contribution in [3.05, 3.63) is 45.1 Å². The molecule has 0 aliphatic carbocycles. The van der Waals surface area contributed by atoms with Gasteiger partial charge < -0.3 is 15.2 Å². The number of benzene rings is 1. The summed E-state index contributed by atoms with van der Waals surface area (Å²) in [7, 11) is 0. The molecule has 9 heteroatoms. The minimum atomic E-state index is -0.229. The van der Waals surface area contributed by atoms with Crippen LogP contribution in [-0.2, 0) is 16.0 Å². The standard InChI is InChI=1S/C22H24N4O3S2/c1-4-12(2)9-14-13(3)31-21-19(14)20(29)24-22(25-21)30-11-18(28)26-10-17(27)23-15-7-5-6-8-16(15)26/h5-8,12H,4,9-11H2,1-3H3,(H,23,27)(H,24,25,29)/t12-/m0/s1. The second-order valence-electron chi connectivity index (χ2n) is 7.74. The van der Waals surface area contributed by atoms with E-state index < -0.39 is 0 Å². The Balaban J connectivity index is 1.54. The highest BCUT2D eigenvalue weighted by molar-refractivity contribution is 7.99. The predicted molar refractivity (Wildman–Crippen MR) is 126 cm³/mol. The molecule has 1 aliphatic heterocycles. The zero-order chi connectivity index (χ0) is 22.1. The fraction of sp³-hybridized carbons (Fsp3) is 0.364. The maximum atomic E-state index is 12.8. The van der Waals surface area contributed by atoms with Crippen LogP contribution in [0.15, 0.2) is 34.2 Å². The van der Waals surface area contributed by atoms with Crippen LogP contribution in [0.1, 0.15) is 30.7 Å². The highest BCUT2D eigenvalue weighted by atomic mass is 32.2. The van der Waals surface area contributed by atoms with Gasteiger partial charge in [0.05, 0.1) is 22.5 Å². The van der Waals surface area contributed by atoms with Crippen molar-refractivity contribution in [2.75, 3.05) is 22.5 Å². The Bertz CT molecular complexity index is 1220. The van der Waals surface area contributed by atoms with E-state index in [9.17, 15) is 14.4 Å². The Morgan fingerprint density at radius 1 is 1.32 bits per heavy atom. The van der Waals surface area contributed by atoms with Gasteiger partial charge >= 0.3 is 0 Å². The second-order valence-corrected chi connectivity index (χ2v) is 9.91. The number of H-pyrrole nitrogens is 1. The lowest BCUT2D eigenvalue weighted by Crippen LogP contribution is -2.43. The van der Waals surface area contributed by atoms with Gasteiger partial charge in [-0.3, -0.25) is 14.4 Å². The average Bonchev–Trinajstić information content (AvgIpc) is 3.06. The number of carbonyl (C=O) groups is 2. The van der Waals surface area contributed by atoms with Gasteiger partial charge in [-0.1, -0.05) is 44.2 Å². The largest absolute Gasteiger partial charge is 0.323 e. The van der Waals surface area contributed by atoms with Crippen LogP contribution >= 0.6 is 23.1 Å². The molecule has 0 bridgehead atoms. The number of carbonyl (C=O) groups excluding carboxylic acids is 2. The number of aromatic amines is 1. The van der Waals surface area contributed by atoms with E-state index in [1.807, 2.05) is 19.1 Å². The van der Waals surface area contributed by atoms with Gasteiger partial charge in [-0.25, -0.2) is 4.98 Å². The van der Waals surface area contributed by atoms with Crippen molar-refractivity contribution < 1.29 is 9.59 Å². The van der Waals surface area contributed by atoms with Gasteiger partial charge in [0.15, 0.2) is 5.16 Å². The van der Waals surface area contributed by atoms with Crippen LogP contribution in [0.4, 0.5) is 11.4 Å². The molecule has 0 fully saturated rings. The van der Waals surface area contributed by atoms with Crippen LogP contribution in [0.25, 0.3) is 10.2 Å². The summed E-state index contributed by atoms with van der Waals surface area (Å²) in [5, 5.41) is 3.85. The number of hydrogen-bond donors (Lipinski definition) is 2. The van der Waals surface area contributed by atoms with E-state index in [0.717, 1.165) is 23.3 Å². The van der Waals surface area contributed by atoms with Crippen LogP contribution in [-0.4, -0.2) is 34.1 Å². The third kappa shape index (κ3) is 4.38. The maximum Gasteiger partial charge on any atom is 0.260 e. The lowest BCUT2D eigenvalue weighted by atomic mass is 9.98. The molecule has 162 valence electrons. The lowest BCUT2D eigenvalue weighted by molar-refractivity contribution is -0.120. The zero-order valence-corrected chi connectivity index (χ0v) is 19.3. The van der Waals surface area contributed by atoms with E-state index in [0.29, 0.717) is 32.7 Å². The first-order valence-corrected chi connectivity index (χ1v) is 12.0. The molecule has 0 radical (unpaired) electrons. The van der Waals surface area contributed by atoms with E-state index in [-0.39, 0.29) is 29.7 Å². The third-order valence-corrected chi connectivity index (χ3v) is 7.39. The topological polar surface area (TPSA) is 95.2 Å². The number of para-hydroxylation sites is 2. The van der Waals surface area contributed by atoms with Crippen molar-refractivity contribution in [2.45, 2.75) is 38.8 Å². The Kier molecular flexibility index (Phi) is 6.15. The Labute approximate surface area is 188 Å². The first-order chi connectivity index (χ1) is 14.9. The van der Waals surface area contributed by atoms with Gasteiger partial charge in [0.1, 0.15) is 11.4 Å². The number of nitrogens with zero attached hydrogens (tertiary/aromatic N) is 2. The number of aryl methyl sites for hydroxylation is 1. The van der Waals surface area contributed by atoms with Crippen molar-refractivity contribution in [1.82, 2.24) is 9.97 Å². The van der Waals surface area contributed by atoms with Gasteiger partial charge in [-0.05, 0) is 37.0 Å². The van der Waals surface area contributed by atoms with Crippen LogP contribution in [0.2, 0.25) is 0 Å². The Morgan fingerprint density at radius 3 is 2.87 bits per heavy atom. The number of amides is 2. The molecule has 4 rings (SSSR count). The number of rotatable bonds is 6. The number of anilines is 2.